The molecule has 2 aromatic rings. The number of para-hydroxylation sites is 2. The number of hydrogen-bond donors (Lipinski definition) is 2. The zero-order chi connectivity index (χ0) is 15.2. The Bertz CT molecular complexity index is 636. The summed E-state index contributed by atoms with van der Waals surface area (Å²) in [6.07, 6.45) is 0.853. The van der Waals surface area contributed by atoms with Crippen LogP contribution in [0.15, 0.2) is 29.3 Å². The van der Waals surface area contributed by atoms with E-state index in [-0.39, 0.29) is 0 Å². The molecule has 0 spiro atoms. The van der Waals surface area contributed by atoms with Crippen LogP contribution in [-0.2, 0) is 6.42 Å². The smallest absolute Gasteiger partial charge is 0.193 e. The normalized spacial score (nSPS) is 11.5. The average molecular weight is 304 g/mol. The van der Waals surface area contributed by atoms with E-state index in [0.29, 0.717) is 12.5 Å². The third kappa shape index (κ3) is 4.19. The number of aromatic nitrogens is 1. The Kier molecular flexibility index (Phi) is 5.16. The molecular formula is C15H20N4OS. The van der Waals surface area contributed by atoms with E-state index in [9.17, 15) is 0 Å². The van der Waals surface area contributed by atoms with Crippen molar-refractivity contribution in [2.75, 3.05) is 19.0 Å². The van der Waals surface area contributed by atoms with E-state index >= 15 is 0 Å². The van der Waals surface area contributed by atoms with Gasteiger partial charge in [-0.3, -0.25) is 4.99 Å². The van der Waals surface area contributed by atoms with E-state index in [1.807, 2.05) is 38.1 Å². The maximum absolute atomic E-state index is 5.91. The van der Waals surface area contributed by atoms with E-state index in [1.54, 1.807) is 18.4 Å². The van der Waals surface area contributed by atoms with Crippen molar-refractivity contribution in [3.63, 3.8) is 0 Å². The van der Waals surface area contributed by atoms with Crippen molar-refractivity contribution in [1.29, 1.82) is 0 Å². The summed E-state index contributed by atoms with van der Waals surface area (Å²) < 4.78 is 5.26. The fraction of sp³-hybridized carbons (Fsp3) is 0.333. The van der Waals surface area contributed by atoms with Crippen molar-refractivity contribution in [2.45, 2.75) is 20.3 Å². The topological polar surface area (TPSA) is 72.5 Å². The molecule has 0 unspecified atom stereocenters. The van der Waals surface area contributed by atoms with Gasteiger partial charge in [-0.25, -0.2) is 4.98 Å². The molecule has 0 aliphatic heterocycles. The fourth-order valence-electron chi connectivity index (χ4n) is 2.01. The monoisotopic (exact) mass is 304 g/mol. The average Bonchev–Trinajstić information content (AvgIpc) is 2.77. The molecule has 0 saturated carbocycles. The van der Waals surface area contributed by atoms with Crippen LogP contribution in [0.2, 0.25) is 0 Å². The third-order valence-corrected chi connectivity index (χ3v) is 4.12. The number of rotatable bonds is 5. The number of anilines is 1. The van der Waals surface area contributed by atoms with Crippen LogP contribution in [0, 0.1) is 13.8 Å². The number of nitrogens with one attached hydrogen (secondary N) is 1. The van der Waals surface area contributed by atoms with Gasteiger partial charge in [-0.15, -0.1) is 11.3 Å². The number of hydrogen-bond acceptors (Lipinski definition) is 4. The van der Waals surface area contributed by atoms with Crippen LogP contribution in [0.4, 0.5) is 5.69 Å². The number of aryl methyl sites for hydroxylation is 2. The second-order valence-corrected chi connectivity index (χ2v) is 5.87. The predicted octanol–water partition coefficient (Wildman–Crippen LogP) is 2.74. The van der Waals surface area contributed by atoms with E-state index < -0.39 is 0 Å². The Balaban J connectivity index is 1.94. The minimum Gasteiger partial charge on any atom is -0.495 e. The van der Waals surface area contributed by atoms with E-state index in [4.69, 9.17) is 10.5 Å². The second-order valence-electron chi connectivity index (χ2n) is 4.58. The number of guanidine groups is 1. The quantitative estimate of drug-likeness (QED) is 0.658. The van der Waals surface area contributed by atoms with Crippen molar-refractivity contribution in [2.24, 2.45) is 10.7 Å². The highest BCUT2D eigenvalue weighted by molar-refractivity contribution is 7.11. The van der Waals surface area contributed by atoms with Crippen LogP contribution in [0.1, 0.15) is 15.6 Å². The molecule has 0 saturated heterocycles. The van der Waals surface area contributed by atoms with Crippen LogP contribution >= 0.6 is 11.3 Å². The molecule has 0 bridgehead atoms. The van der Waals surface area contributed by atoms with Crippen LogP contribution in [0.3, 0.4) is 0 Å². The summed E-state index contributed by atoms with van der Waals surface area (Å²) in [7, 11) is 1.63. The van der Waals surface area contributed by atoms with Crippen LogP contribution in [0.5, 0.6) is 5.75 Å². The van der Waals surface area contributed by atoms with Gasteiger partial charge in [0, 0.05) is 17.8 Å². The lowest BCUT2D eigenvalue weighted by molar-refractivity contribution is 0.417. The molecule has 0 atom stereocenters. The van der Waals surface area contributed by atoms with Gasteiger partial charge in [0.2, 0.25) is 0 Å². The van der Waals surface area contributed by atoms with Gasteiger partial charge in [-0.2, -0.15) is 0 Å². The van der Waals surface area contributed by atoms with Gasteiger partial charge < -0.3 is 15.8 Å². The number of methoxy groups -OCH3 is 1. The molecular weight excluding hydrogens is 284 g/mol. The Morgan fingerprint density at radius 1 is 1.38 bits per heavy atom. The lowest BCUT2D eigenvalue weighted by Gasteiger charge is -2.09. The summed E-state index contributed by atoms with van der Waals surface area (Å²) in [5.41, 5.74) is 7.81. The van der Waals surface area contributed by atoms with Crippen molar-refractivity contribution in [1.82, 2.24) is 4.98 Å². The van der Waals surface area contributed by atoms with E-state index in [0.717, 1.165) is 28.6 Å². The number of nitrogens with zero attached hydrogens (tertiary/aromatic N) is 2. The van der Waals surface area contributed by atoms with Gasteiger partial charge >= 0.3 is 0 Å². The summed E-state index contributed by atoms with van der Waals surface area (Å²) in [5, 5.41) is 4.15. The molecule has 1 aromatic carbocycles. The first-order valence-electron chi connectivity index (χ1n) is 6.73. The molecule has 1 aromatic heterocycles. The number of thiazole rings is 1. The molecule has 5 nitrogen and oxygen atoms in total. The Hall–Kier alpha value is -2.08. The highest BCUT2D eigenvalue weighted by Crippen LogP contribution is 2.22. The highest BCUT2D eigenvalue weighted by atomic mass is 32.1. The minimum atomic E-state index is 0.387. The first-order valence-corrected chi connectivity index (χ1v) is 7.54. The predicted molar refractivity (Wildman–Crippen MR) is 88.4 cm³/mol. The number of benzene rings is 1. The summed E-state index contributed by atoms with van der Waals surface area (Å²) in [6, 6.07) is 7.60. The van der Waals surface area contributed by atoms with Crippen LogP contribution < -0.4 is 15.8 Å². The largest absolute Gasteiger partial charge is 0.495 e. The fourth-order valence-corrected chi connectivity index (χ4v) is 2.93. The zero-order valence-corrected chi connectivity index (χ0v) is 13.3. The molecule has 0 aliphatic rings. The van der Waals surface area contributed by atoms with Crippen molar-refractivity contribution >= 4 is 23.0 Å². The minimum absolute atomic E-state index is 0.387. The first kappa shape index (κ1) is 15.3. The Labute approximate surface area is 128 Å². The molecule has 3 N–H and O–H groups in total. The summed E-state index contributed by atoms with van der Waals surface area (Å²) in [4.78, 5) is 10.0. The van der Waals surface area contributed by atoms with Gasteiger partial charge in [0.25, 0.3) is 0 Å². The number of nitrogens with two attached hydrogens (primary N) is 1. The Morgan fingerprint density at radius 2 is 2.14 bits per heavy atom. The molecule has 2 rings (SSSR count). The highest BCUT2D eigenvalue weighted by Gasteiger charge is 2.05. The molecule has 0 fully saturated rings. The summed E-state index contributed by atoms with van der Waals surface area (Å²) in [6.45, 7) is 4.68. The first-order chi connectivity index (χ1) is 10.1. The Morgan fingerprint density at radius 3 is 2.81 bits per heavy atom. The standard InChI is InChI=1S/C15H20N4OS/c1-10-14(21-11(2)18-10)8-9-17-15(16)19-12-6-4-5-7-13(12)20-3/h4-7H,8-9H2,1-3H3,(H3,16,17,19). The maximum Gasteiger partial charge on any atom is 0.193 e. The van der Waals surface area contributed by atoms with Gasteiger partial charge in [0.15, 0.2) is 5.96 Å². The molecule has 0 aliphatic carbocycles. The summed E-state index contributed by atoms with van der Waals surface area (Å²) in [5.74, 6) is 1.13. The molecule has 6 heteroatoms. The van der Waals surface area contributed by atoms with Crippen LogP contribution in [0.25, 0.3) is 0 Å². The third-order valence-electron chi connectivity index (χ3n) is 2.99. The van der Waals surface area contributed by atoms with Gasteiger partial charge in [0.1, 0.15) is 5.75 Å². The lowest BCUT2D eigenvalue weighted by Crippen LogP contribution is -2.23. The maximum atomic E-state index is 5.91. The zero-order valence-electron chi connectivity index (χ0n) is 12.5. The SMILES string of the molecule is COc1ccccc1NC(N)=NCCc1sc(C)nc1C. The molecule has 0 radical (unpaired) electrons. The summed E-state index contributed by atoms with van der Waals surface area (Å²) >= 11 is 1.71. The second kappa shape index (κ2) is 7.08. The molecule has 1 heterocycles. The van der Waals surface area contributed by atoms with Crippen LogP contribution in [-0.4, -0.2) is 24.6 Å². The van der Waals surface area contributed by atoms with Gasteiger partial charge in [0.05, 0.1) is 23.5 Å². The molecule has 112 valence electrons. The van der Waals surface area contributed by atoms with Crippen molar-refractivity contribution < 1.29 is 4.74 Å². The lowest BCUT2D eigenvalue weighted by atomic mass is 10.3. The van der Waals surface area contributed by atoms with Gasteiger partial charge in [-0.1, -0.05) is 12.1 Å². The van der Waals surface area contributed by atoms with Crippen molar-refractivity contribution in [3.05, 3.63) is 39.8 Å². The molecule has 0 amide bonds. The number of aliphatic imine (C=N–C) groups is 1. The molecule has 21 heavy (non-hydrogen) atoms. The van der Waals surface area contributed by atoms with Crippen molar-refractivity contribution in [3.8, 4) is 5.75 Å². The van der Waals surface area contributed by atoms with E-state index in [2.05, 4.69) is 15.3 Å². The van der Waals surface area contributed by atoms with E-state index in [1.165, 1.54) is 4.88 Å². The number of ether oxygens (including phenoxy) is 1. The van der Waals surface area contributed by atoms with Gasteiger partial charge in [-0.05, 0) is 26.0 Å².